The number of carbonyl (C=O) groups excluding carboxylic acids is 2. The minimum atomic E-state index is -3.67. The maximum atomic E-state index is 12.3. The van der Waals surface area contributed by atoms with E-state index in [-0.39, 0.29) is 40.3 Å². The SMILES string of the molecule is CCOC(=O)N1CCN(C(=O)COc2ccc(S(=O)(=O)NC(C)C)cc2Cl)CC1. The van der Waals surface area contributed by atoms with Gasteiger partial charge >= 0.3 is 6.09 Å². The lowest BCUT2D eigenvalue weighted by atomic mass is 10.3. The van der Waals surface area contributed by atoms with Gasteiger partial charge in [-0.2, -0.15) is 0 Å². The molecule has 1 aliphatic heterocycles. The predicted molar refractivity (Wildman–Crippen MR) is 108 cm³/mol. The van der Waals surface area contributed by atoms with E-state index in [2.05, 4.69) is 4.72 Å². The smallest absolute Gasteiger partial charge is 0.409 e. The van der Waals surface area contributed by atoms with Crippen LogP contribution >= 0.6 is 11.6 Å². The number of hydrogen-bond donors (Lipinski definition) is 1. The molecule has 1 saturated heterocycles. The van der Waals surface area contributed by atoms with Crippen LogP contribution in [0, 0.1) is 0 Å². The molecule has 1 aromatic rings. The fourth-order valence-corrected chi connectivity index (χ4v) is 4.30. The maximum absolute atomic E-state index is 12.3. The summed E-state index contributed by atoms with van der Waals surface area (Å²) in [5.74, 6) is -0.0311. The molecular formula is C18H26ClN3O6S. The highest BCUT2D eigenvalue weighted by Crippen LogP contribution is 2.27. The van der Waals surface area contributed by atoms with Gasteiger partial charge < -0.3 is 19.3 Å². The molecule has 29 heavy (non-hydrogen) atoms. The number of piperazine rings is 1. The van der Waals surface area contributed by atoms with Crippen LogP contribution in [0.25, 0.3) is 0 Å². The highest BCUT2D eigenvalue weighted by Gasteiger charge is 2.25. The van der Waals surface area contributed by atoms with Crippen LogP contribution in [0.1, 0.15) is 20.8 Å². The van der Waals surface area contributed by atoms with Crippen molar-refractivity contribution in [3.8, 4) is 5.75 Å². The molecule has 1 aliphatic rings. The Hall–Kier alpha value is -2.04. The van der Waals surface area contributed by atoms with E-state index in [1.165, 1.54) is 18.2 Å². The molecule has 0 radical (unpaired) electrons. The zero-order valence-electron chi connectivity index (χ0n) is 16.7. The van der Waals surface area contributed by atoms with E-state index < -0.39 is 10.0 Å². The van der Waals surface area contributed by atoms with Crippen molar-refractivity contribution in [1.29, 1.82) is 0 Å². The topological polar surface area (TPSA) is 105 Å². The van der Waals surface area contributed by atoms with Crippen molar-refractivity contribution < 1.29 is 27.5 Å². The van der Waals surface area contributed by atoms with Crippen LogP contribution in [-0.2, 0) is 19.6 Å². The number of nitrogens with one attached hydrogen (secondary N) is 1. The van der Waals surface area contributed by atoms with E-state index >= 15 is 0 Å². The van der Waals surface area contributed by atoms with E-state index in [1.807, 2.05) is 0 Å². The molecule has 2 amide bonds. The molecule has 1 aromatic carbocycles. The summed E-state index contributed by atoms with van der Waals surface area (Å²) in [4.78, 5) is 27.2. The first-order chi connectivity index (χ1) is 13.6. The Bertz CT molecular complexity index is 838. The normalized spacial score (nSPS) is 14.8. The zero-order chi connectivity index (χ0) is 21.6. The zero-order valence-corrected chi connectivity index (χ0v) is 18.3. The molecule has 2 rings (SSSR count). The minimum Gasteiger partial charge on any atom is -0.482 e. The van der Waals surface area contributed by atoms with Crippen LogP contribution in [0.15, 0.2) is 23.1 Å². The molecular weight excluding hydrogens is 422 g/mol. The maximum Gasteiger partial charge on any atom is 0.409 e. The van der Waals surface area contributed by atoms with Crippen molar-refractivity contribution in [2.24, 2.45) is 0 Å². The summed E-state index contributed by atoms with van der Waals surface area (Å²) in [6.45, 7) is 6.78. The van der Waals surface area contributed by atoms with Crippen LogP contribution in [-0.4, -0.2) is 75.7 Å². The van der Waals surface area contributed by atoms with Crippen molar-refractivity contribution >= 4 is 33.6 Å². The van der Waals surface area contributed by atoms with Crippen molar-refractivity contribution in [3.63, 3.8) is 0 Å². The van der Waals surface area contributed by atoms with Crippen molar-refractivity contribution in [2.45, 2.75) is 31.7 Å². The minimum absolute atomic E-state index is 0.0185. The Kier molecular flexibility index (Phi) is 8.12. The molecule has 0 aromatic heterocycles. The van der Waals surface area contributed by atoms with Gasteiger partial charge in [0.1, 0.15) is 5.75 Å². The molecule has 0 aliphatic carbocycles. The molecule has 1 heterocycles. The number of benzene rings is 1. The average Bonchev–Trinajstić information content (AvgIpc) is 2.66. The third-order valence-electron chi connectivity index (χ3n) is 4.11. The summed E-state index contributed by atoms with van der Waals surface area (Å²) in [6, 6.07) is 3.82. The third-order valence-corrected chi connectivity index (χ3v) is 6.07. The van der Waals surface area contributed by atoms with Gasteiger partial charge in [-0.15, -0.1) is 0 Å². The third kappa shape index (κ3) is 6.48. The second-order valence-corrected chi connectivity index (χ2v) is 8.84. The molecule has 1 N–H and O–H groups in total. The molecule has 0 bridgehead atoms. The van der Waals surface area contributed by atoms with E-state index in [0.717, 1.165) is 0 Å². The molecule has 0 spiro atoms. The van der Waals surface area contributed by atoms with Crippen LogP contribution in [0.3, 0.4) is 0 Å². The van der Waals surface area contributed by atoms with E-state index in [1.54, 1.807) is 30.6 Å². The number of ether oxygens (including phenoxy) is 2. The summed E-state index contributed by atoms with van der Waals surface area (Å²) >= 11 is 6.12. The molecule has 0 atom stereocenters. The van der Waals surface area contributed by atoms with Gasteiger partial charge in [0.05, 0.1) is 16.5 Å². The average molecular weight is 448 g/mol. The van der Waals surface area contributed by atoms with Gasteiger partial charge in [-0.1, -0.05) is 11.6 Å². The van der Waals surface area contributed by atoms with Gasteiger partial charge in [0.2, 0.25) is 10.0 Å². The van der Waals surface area contributed by atoms with Gasteiger partial charge in [-0.25, -0.2) is 17.9 Å². The Morgan fingerprint density at radius 2 is 1.79 bits per heavy atom. The first kappa shape index (κ1) is 23.2. The van der Waals surface area contributed by atoms with Crippen molar-refractivity contribution in [2.75, 3.05) is 39.4 Å². The Labute approximate surface area is 175 Å². The van der Waals surface area contributed by atoms with Crippen molar-refractivity contribution in [3.05, 3.63) is 23.2 Å². The quantitative estimate of drug-likeness (QED) is 0.682. The van der Waals surface area contributed by atoms with E-state index in [9.17, 15) is 18.0 Å². The van der Waals surface area contributed by atoms with Gasteiger partial charge in [0.25, 0.3) is 5.91 Å². The highest BCUT2D eigenvalue weighted by atomic mass is 35.5. The summed E-state index contributed by atoms with van der Waals surface area (Å²) < 4.78 is 37.3. The number of amides is 2. The first-order valence-corrected chi connectivity index (χ1v) is 11.1. The Morgan fingerprint density at radius 1 is 1.17 bits per heavy atom. The predicted octanol–water partition coefficient (Wildman–Crippen LogP) is 1.71. The highest BCUT2D eigenvalue weighted by molar-refractivity contribution is 7.89. The summed E-state index contributed by atoms with van der Waals surface area (Å²) in [6.07, 6.45) is -0.385. The molecule has 0 saturated carbocycles. The number of carbonyl (C=O) groups is 2. The van der Waals surface area contributed by atoms with Crippen molar-refractivity contribution in [1.82, 2.24) is 14.5 Å². The van der Waals surface area contributed by atoms with Crippen LogP contribution in [0.4, 0.5) is 4.79 Å². The van der Waals surface area contributed by atoms with Gasteiger partial charge in [-0.05, 0) is 39.0 Å². The number of sulfonamides is 1. The molecule has 162 valence electrons. The number of nitrogens with zero attached hydrogens (tertiary/aromatic N) is 2. The fourth-order valence-electron chi connectivity index (χ4n) is 2.73. The Morgan fingerprint density at radius 3 is 2.34 bits per heavy atom. The van der Waals surface area contributed by atoms with E-state index in [0.29, 0.717) is 32.8 Å². The second kappa shape index (κ2) is 10.1. The molecule has 1 fully saturated rings. The standard InChI is InChI=1S/C18H26ClN3O6S/c1-4-27-18(24)22-9-7-21(8-10-22)17(23)12-28-16-6-5-14(11-15(16)19)29(25,26)20-13(2)3/h5-6,11,13,20H,4,7-10,12H2,1-3H3. The number of hydrogen-bond acceptors (Lipinski definition) is 6. The monoisotopic (exact) mass is 447 g/mol. The van der Waals surface area contributed by atoms with Crippen LogP contribution in [0.2, 0.25) is 5.02 Å². The summed E-state index contributed by atoms with van der Waals surface area (Å²) in [7, 11) is -3.67. The number of halogens is 1. The van der Waals surface area contributed by atoms with Gasteiger partial charge in [0, 0.05) is 32.2 Å². The molecule has 9 nitrogen and oxygen atoms in total. The van der Waals surface area contributed by atoms with Crippen LogP contribution < -0.4 is 9.46 Å². The molecule has 11 heteroatoms. The lowest BCUT2D eigenvalue weighted by Crippen LogP contribution is -2.51. The van der Waals surface area contributed by atoms with Crippen LogP contribution in [0.5, 0.6) is 5.75 Å². The lowest BCUT2D eigenvalue weighted by Gasteiger charge is -2.34. The van der Waals surface area contributed by atoms with E-state index in [4.69, 9.17) is 21.1 Å². The number of rotatable bonds is 7. The summed E-state index contributed by atoms with van der Waals surface area (Å²) in [5.41, 5.74) is 0. The largest absolute Gasteiger partial charge is 0.482 e. The van der Waals surface area contributed by atoms with Gasteiger partial charge in [-0.3, -0.25) is 4.79 Å². The Balaban J connectivity index is 1.90. The first-order valence-electron chi connectivity index (χ1n) is 9.28. The second-order valence-electron chi connectivity index (χ2n) is 6.72. The lowest BCUT2D eigenvalue weighted by molar-refractivity contribution is -0.134. The van der Waals surface area contributed by atoms with Gasteiger partial charge in [0.15, 0.2) is 6.61 Å². The fraction of sp³-hybridized carbons (Fsp3) is 0.556. The summed E-state index contributed by atoms with van der Waals surface area (Å²) in [5, 5.41) is 0.0940. The molecule has 0 unspecified atom stereocenters.